The Morgan fingerprint density at radius 3 is 2.00 bits per heavy atom. The average Bonchev–Trinajstić information content (AvgIpc) is 3.61. The Bertz CT molecular complexity index is 1820. The lowest BCUT2D eigenvalue weighted by atomic mass is 9.84. The fourth-order valence-corrected chi connectivity index (χ4v) is 8.67. The molecule has 5 aliphatic rings. The van der Waals surface area contributed by atoms with Crippen molar-refractivity contribution >= 4 is 14.0 Å². The molecule has 2 bridgehead atoms. The summed E-state index contributed by atoms with van der Waals surface area (Å²) in [5.74, 6) is -2.71. The van der Waals surface area contributed by atoms with E-state index in [1.807, 2.05) is 84.9 Å². The van der Waals surface area contributed by atoms with Crippen LogP contribution in [0.25, 0.3) is 0 Å². The number of aliphatic hydroxyl groups excluding tert-OH is 2. The highest BCUT2D eigenvalue weighted by atomic mass is 28.3. The molecule has 0 unspecified atom stereocenters. The normalized spacial score (nSPS) is 31.8. The number of hydrogen-bond donors (Lipinski definition) is 3. The summed E-state index contributed by atoms with van der Waals surface area (Å²) >= 11 is 0. The maximum atomic E-state index is 13.8. The van der Waals surface area contributed by atoms with Gasteiger partial charge >= 0.3 is 0 Å². The zero-order chi connectivity index (χ0) is 42.5. The summed E-state index contributed by atoms with van der Waals surface area (Å²) in [6.45, 7) is 11.3. The topological polar surface area (TPSA) is 162 Å². The number of methoxy groups -OCH3 is 1. The minimum atomic E-state index is -1.96. The van der Waals surface area contributed by atoms with Crippen LogP contribution in [0.4, 0.5) is 0 Å². The van der Waals surface area contributed by atoms with Crippen molar-refractivity contribution in [3.05, 3.63) is 102 Å². The molecular formula is C45H61NO13Si. The van der Waals surface area contributed by atoms with Gasteiger partial charge in [0.25, 0.3) is 11.7 Å². The van der Waals surface area contributed by atoms with Crippen molar-refractivity contribution in [1.82, 2.24) is 5.32 Å². The third-order valence-electron chi connectivity index (χ3n) is 11.3. The maximum absolute atomic E-state index is 13.8. The van der Waals surface area contributed by atoms with Crippen LogP contribution in [0.3, 0.4) is 0 Å². The third kappa shape index (κ3) is 11.0. The Balaban J connectivity index is 1.19. The van der Waals surface area contributed by atoms with Gasteiger partial charge in [-0.05, 0) is 48.7 Å². The summed E-state index contributed by atoms with van der Waals surface area (Å²) in [6.07, 6.45) is -8.46. The lowest BCUT2D eigenvalue weighted by molar-refractivity contribution is -0.353. The molecule has 0 spiro atoms. The van der Waals surface area contributed by atoms with Gasteiger partial charge in [-0.25, -0.2) is 0 Å². The van der Waals surface area contributed by atoms with E-state index in [-0.39, 0.29) is 39.5 Å². The smallest absolute Gasteiger partial charge is 0.280 e. The summed E-state index contributed by atoms with van der Waals surface area (Å²) in [6, 6.07) is 27.2. The minimum Gasteiger partial charge on any atom is -0.497 e. The molecule has 14 nitrogen and oxygen atoms in total. The SMILES string of the molecule is COc1ccc(CO[C@H]2[C@H](OCC[Si](C)(C)C)O[C@H](CO[C@@]34C[C@H](O)[C@@H](NC3=O)[C@H]([C@H](O)[C@H]3COC(C)(C)O3)O4)[C@@H](OCc3ccccc3)[C@@H]2OCc2ccccc2)cc1. The largest absolute Gasteiger partial charge is 0.497 e. The van der Waals surface area contributed by atoms with E-state index in [1.165, 1.54) is 0 Å². The summed E-state index contributed by atoms with van der Waals surface area (Å²) in [5, 5.41) is 25.6. The van der Waals surface area contributed by atoms with Gasteiger partial charge in [0, 0.05) is 21.1 Å². The molecule has 328 valence electrons. The van der Waals surface area contributed by atoms with Gasteiger partial charge in [0.1, 0.15) is 48.5 Å². The van der Waals surface area contributed by atoms with Gasteiger partial charge in [-0.3, -0.25) is 4.79 Å². The van der Waals surface area contributed by atoms with Gasteiger partial charge < -0.3 is 62.9 Å². The third-order valence-corrected chi connectivity index (χ3v) is 13.0. The first-order chi connectivity index (χ1) is 28.7. The minimum absolute atomic E-state index is 0.111. The second-order valence-electron chi connectivity index (χ2n) is 17.6. The molecule has 0 radical (unpaired) electrons. The highest BCUT2D eigenvalue weighted by Crippen LogP contribution is 2.40. The molecule has 0 saturated carbocycles. The van der Waals surface area contributed by atoms with Crippen LogP contribution >= 0.6 is 0 Å². The Labute approximate surface area is 353 Å². The van der Waals surface area contributed by atoms with Crippen molar-refractivity contribution in [2.45, 2.75) is 139 Å². The number of piperidine rings is 1. The summed E-state index contributed by atoms with van der Waals surface area (Å²) in [4.78, 5) is 13.8. The van der Waals surface area contributed by atoms with Crippen LogP contribution in [0, 0.1) is 0 Å². The summed E-state index contributed by atoms with van der Waals surface area (Å²) in [7, 11) is 0.0922. The van der Waals surface area contributed by atoms with E-state index in [0.717, 1.165) is 28.5 Å². The second-order valence-corrected chi connectivity index (χ2v) is 23.3. The van der Waals surface area contributed by atoms with Crippen LogP contribution < -0.4 is 10.1 Å². The van der Waals surface area contributed by atoms with Crippen LogP contribution in [0.1, 0.15) is 37.0 Å². The summed E-state index contributed by atoms with van der Waals surface area (Å²) < 4.78 is 63.7. The first-order valence-corrected chi connectivity index (χ1v) is 24.6. The number of amides is 1. The molecule has 0 aromatic heterocycles. The molecule has 5 aliphatic heterocycles. The Kier molecular flexibility index (Phi) is 14.5. The molecule has 8 rings (SSSR count). The van der Waals surface area contributed by atoms with E-state index >= 15 is 0 Å². The number of aliphatic hydroxyl groups is 2. The van der Waals surface area contributed by atoms with Crippen LogP contribution in [0.2, 0.25) is 25.7 Å². The highest BCUT2D eigenvalue weighted by Gasteiger charge is 2.62. The zero-order valence-electron chi connectivity index (χ0n) is 35.4. The molecule has 3 aromatic rings. The van der Waals surface area contributed by atoms with E-state index in [4.69, 9.17) is 47.4 Å². The van der Waals surface area contributed by atoms with E-state index in [9.17, 15) is 15.0 Å². The van der Waals surface area contributed by atoms with Crippen molar-refractivity contribution in [3.8, 4) is 5.75 Å². The monoisotopic (exact) mass is 851 g/mol. The number of rotatable bonds is 19. The van der Waals surface area contributed by atoms with Crippen molar-refractivity contribution in [2.24, 2.45) is 0 Å². The maximum Gasteiger partial charge on any atom is 0.280 e. The number of nitrogens with one attached hydrogen (secondary N) is 1. The van der Waals surface area contributed by atoms with E-state index in [0.29, 0.717) is 6.61 Å². The van der Waals surface area contributed by atoms with Gasteiger partial charge in [0.15, 0.2) is 12.1 Å². The number of benzene rings is 3. The van der Waals surface area contributed by atoms with Gasteiger partial charge in [-0.1, -0.05) is 92.4 Å². The fourth-order valence-electron chi connectivity index (χ4n) is 7.94. The van der Waals surface area contributed by atoms with Crippen LogP contribution in [-0.4, -0.2) is 124 Å². The van der Waals surface area contributed by atoms with Crippen LogP contribution in [0.15, 0.2) is 84.9 Å². The highest BCUT2D eigenvalue weighted by molar-refractivity contribution is 6.76. The molecule has 5 fully saturated rings. The molecule has 3 aromatic carbocycles. The lowest BCUT2D eigenvalue weighted by Gasteiger charge is -2.53. The number of hydrogen-bond acceptors (Lipinski definition) is 13. The van der Waals surface area contributed by atoms with Crippen molar-refractivity contribution in [3.63, 3.8) is 0 Å². The van der Waals surface area contributed by atoms with Crippen molar-refractivity contribution in [2.75, 3.05) is 26.9 Å². The zero-order valence-corrected chi connectivity index (χ0v) is 36.4. The van der Waals surface area contributed by atoms with Gasteiger partial charge in [0.2, 0.25) is 0 Å². The molecule has 11 atom stereocenters. The molecule has 0 aliphatic carbocycles. The molecule has 1 amide bonds. The number of carbonyl (C=O) groups excluding carboxylic acids is 1. The molecule has 60 heavy (non-hydrogen) atoms. The number of morpholine rings is 1. The van der Waals surface area contributed by atoms with Gasteiger partial charge in [-0.15, -0.1) is 0 Å². The number of ether oxygens (including phenoxy) is 10. The Hall–Kier alpha value is -3.29. The average molecular weight is 852 g/mol. The number of fused-ring (bicyclic) bond motifs is 3. The van der Waals surface area contributed by atoms with Gasteiger partial charge in [-0.2, -0.15) is 0 Å². The Morgan fingerprint density at radius 1 is 0.817 bits per heavy atom. The fraction of sp³-hybridized carbons (Fsp3) is 0.578. The molecule has 3 N–H and O–H groups in total. The Morgan fingerprint density at radius 2 is 1.42 bits per heavy atom. The second kappa shape index (κ2) is 19.4. The van der Waals surface area contributed by atoms with Crippen LogP contribution in [-0.2, 0) is 67.2 Å². The van der Waals surface area contributed by atoms with E-state index in [1.54, 1.807) is 21.0 Å². The number of carbonyl (C=O) groups is 1. The molecule has 5 saturated heterocycles. The predicted molar refractivity (Wildman–Crippen MR) is 221 cm³/mol. The first-order valence-electron chi connectivity index (χ1n) is 20.9. The lowest BCUT2D eigenvalue weighted by Crippen LogP contribution is -2.76. The van der Waals surface area contributed by atoms with Crippen LogP contribution in [0.5, 0.6) is 5.75 Å². The molecule has 5 heterocycles. The molecule has 15 heteroatoms. The van der Waals surface area contributed by atoms with E-state index < -0.39 is 86.7 Å². The van der Waals surface area contributed by atoms with Crippen molar-refractivity contribution < 1.29 is 62.4 Å². The van der Waals surface area contributed by atoms with E-state index in [2.05, 4.69) is 25.0 Å². The summed E-state index contributed by atoms with van der Waals surface area (Å²) in [5.41, 5.74) is 2.79. The molecular weight excluding hydrogens is 791 g/mol. The standard InChI is InChI=1S/C45H61NO13Si/c1-44(2)55-27-34(58-44)37(48)39-36-33(47)23-45(59-39,43(49)46-36)56-28-35-38(52-24-29-13-9-7-10-14-29)40(53-25-30-15-11-8-12-16-30)41(42(57-35)51-21-22-60(4,5)6)54-26-31-17-19-32(50-3)20-18-31/h7-20,33-42,47-48H,21-28H2,1-6H3,(H,46,49)/t33-,34+,35+,36+,37+,38+,39+,40-,41+,42+,45+/m0/s1. The first kappa shape index (κ1) is 44.8. The van der Waals surface area contributed by atoms with Gasteiger partial charge in [0.05, 0.1) is 52.3 Å². The quantitative estimate of drug-likeness (QED) is 0.143. The van der Waals surface area contributed by atoms with Crippen molar-refractivity contribution in [1.29, 1.82) is 0 Å². The predicted octanol–water partition coefficient (Wildman–Crippen LogP) is 4.70.